The van der Waals surface area contributed by atoms with Crippen molar-refractivity contribution >= 4 is 11.6 Å². The number of hydrogen-bond donors (Lipinski definition) is 2. The van der Waals surface area contributed by atoms with Crippen LogP contribution in [0.3, 0.4) is 0 Å². The Bertz CT molecular complexity index is 623. The van der Waals surface area contributed by atoms with Crippen LogP contribution in [0.25, 0.3) is 0 Å². The maximum absolute atomic E-state index is 12.1. The molecule has 116 valence electrons. The monoisotopic (exact) mass is 296 g/mol. The van der Waals surface area contributed by atoms with Gasteiger partial charge in [0.15, 0.2) is 0 Å². The molecule has 1 unspecified atom stereocenters. The minimum absolute atomic E-state index is 0.0161. The smallest absolute Gasteiger partial charge is 0.238 e. The van der Waals surface area contributed by atoms with Gasteiger partial charge in [0.1, 0.15) is 0 Å². The first kappa shape index (κ1) is 16.2. The van der Waals surface area contributed by atoms with Crippen molar-refractivity contribution in [3.05, 3.63) is 65.2 Å². The van der Waals surface area contributed by atoms with E-state index in [2.05, 4.69) is 36.6 Å². The third-order valence-electron chi connectivity index (χ3n) is 3.91. The van der Waals surface area contributed by atoms with Gasteiger partial charge in [0.2, 0.25) is 5.91 Å². The highest BCUT2D eigenvalue weighted by atomic mass is 16.1. The van der Waals surface area contributed by atoms with Crippen molar-refractivity contribution in [2.75, 3.05) is 11.9 Å². The average Bonchev–Trinajstić information content (AvgIpc) is 2.52. The average molecular weight is 296 g/mol. The molecule has 0 saturated carbocycles. The molecule has 0 aromatic heterocycles. The number of rotatable bonds is 6. The van der Waals surface area contributed by atoms with Crippen LogP contribution in [0, 0.1) is 13.8 Å². The van der Waals surface area contributed by atoms with Gasteiger partial charge in [0.05, 0.1) is 6.54 Å². The molecule has 0 bridgehead atoms. The number of carbonyl (C=O) groups is 1. The van der Waals surface area contributed by atoms with Crippen LogP contribution in [0.5, 0.6) is 0 Å². The molecule has 1 atom stereocenters. The van der Waals surface area contributed by atoms with Crippen LogP contribution in [-0.2, 0) is 4.79 Å². The van der Waals surface area contributed by atoms with Crippen LogP contribution in [-0.4, -0.2) is 12.5 Å². The maximum Gasteiger partial charge on any atom is 0.238 e. The molecule has 22 heavy (non-hydrogen) atoms. The molecule has 2 aromatic carbocycles. The molecule has 3 heteroatoms. The minimum atomic E-state index is -0.0161. The predicted octanol–water partition coefficient (Wildman–Crippen LogP) is 3.98. The molecule has 1 amide bonds. The van der Waals surface area contributed by atoms with E-state index in [0.29, 0.717) is 6.54 Å². The van der Waals surface area contributed by atoms with Crippen molar-refractivity contribution in [1.29, 1.82) is 0 Å². The van der Waals surface area contributed by atoms with Gasteiger partial charge in [-0.1, -0.05) is 43.3 Å². The highest BCUT2D eigenvalue weighted by Gasteiger charge is 2.10. The Balaban J connectivity index is 1.90. The first-order chi connectivity index (χ1) is 10.6. The summed E-state index contributed by atoms with van der Waals surface area (Å²) in [5.74, 6) is -0.0161. The normalized spacial score (nSPS) is 12.0. The van der Waals surface area contributed by atoms with E-state index in [0.717, 1.165) is 12.1 Å². The van der Waals surface area contributed by atoms with Gasteiger partial charge in [0.25, 0.3) is 0 Å². The van der Waals surface area contributed by atoms with Gasteiger partial charge in [0, 0.05) is 11.7 Å². The Kier molecular flexibility index (Phi) is 5.73. The standard InChI is InChI=1S/C19H24N2O/c1-4-18(16-8-6-5-7-9-16)20-13-19(22)21-17-11-10-14(2)15(3)12-17/h5-12,18,20H,4,13H2,1-3H3,(H,21,22). The molecular formula is C19H24N2O. The first-order valence-electron chi connectivity index (χ1n) is 7.75. The number of amides is 1. The molecule has 2 aromatic rings. The van der Waals surface area contributed by atoms with Crippen LogP contribution in [0.4, 0.5) is 5.69 Å². The van der Waals surface area contributed by atoms with E-state index in [1.54, 1.807) is 0 Å². The number of carbonyl (C=O) groups excluding carboxylic acids is 1. The Hall–Kier alpha value is -2.13. The van der Waals surface area contributed by atoms with Crippen LogP contribution < -0.4 is 10.6 Å². The Morgan fingerprint density at radius 3 is 2.41 bits per heavy atom. The second-order valence-electron chi connectivity index (χ2n) is 5.60. The van der Waals surface area contributed by atoms with E-state index >= 15 is 0 Å². The zero-order valence-corrected chi connectivity index (χ0v) is 13.5. The van der Waals surface area contributed by atoms with Gasteiger partial charge in [-0.15, -0.1) is 0 Å². The highest BCUT2D eigenvalue weighted by Crippen LogP contribution is 2.16. The van der Waals surface area contributed by atoms with Crippen LogP contribution >= 0.6 is 0 Å². The number of aryl methyl sites for hydroxylation is 2. The second kappa shape index (κ2) is 7.76. The molecule has 3 nitrogen and oxygen atoms in total. The lowest BCUT2D eigenvalue weighted by atomic mass is 10.0. The van der Waals surface area contributed by atoms with Crippen molar-refractivity contribution in [2.45, 2.75) is 33.2 Å². The van der Waals surface area contributed by atoms with Crippen LogP contribution in [0.15, 0.2) is 48.5 Å². The number of hydrogen-bond acceptors (Lipinski definition) is 2. The number of anilines is 1. The van der Waals surface area contributed by atoms with Gasteiger partial charge < -0.3 is 10.6 Å². The zero-order chi connectivity index (χ0) is 15.9. The lowest BCUT2D eigenvalue weighted by molar-refractivity contribution is -0.115. The van der Waals surface area contributed by atoms with E-state index in [4.69, 9.17) is 0 Å². The molecule has 0 aliphatic carbocycles. The largest absolute Gasteiger partial charge is 0.325 e. The summed E-state index contributed by atoms with van der Waals surface area (Å²) in [5, 5.41) is 6.26. The van der Waals surface area contributed by atoms with E-state index in [1.807, 2.05) is 43.3 Å². The Morgan fingerprint density at radius 1 is 1.05 bits per heavy atom. The van der Waals surface area contributed by atoms with Crippen molar-refractivity contribution in [3.8, 4) is 0 Å². The highest BCUT2D eigenvalue weighted by molar-refractivity contribution is 5.92. The van der Waals surface area contributed by atoms with Gasteiger partial charge in [-0.3, -0.25) is 4.79 Å². The van der Waals surface area contributed by atoms with Gasteiger partial charge >= 0.3 is 0 Å². The Labute approximate surface area is 132 Å². The third-order valence-corrected chi connectivity index (χ3v) is 3.91. The molecular weight excluding hydrogens is 272 g/mol. The van der Waals surface area contributed by atoms with E-state index in [1.165, 1.54) is 16.7 Å². The maximum atomic E-state index is 12.1. The van der Waals surface area contributed by atoms with Crippen LogP contribution in [0.1, 0.15) is 36.1 Å². The molecule has 0 aliphatic heterocycles. The van der Waals surface area contributed by atoms with Crippen molar-refractivity contribution < 1.29 is 4.79 Å². The molecule has 0 radical (unpaired) electrons. The van der Waals surface area contributed by atoms with E-state index < -0.39 is 0 Å². The third kappa shape index (κ3) is 4.43. The lowest BCUT2D eigenvalue weighted by Gasteiger charge is -2.17. The first-order valence-corrected chi connectivity index (χ1v) is 7.75. The number of benzene rings is 2. The number of nitrogens with one attached hydrogen (secondary N) is 2. The zero-order valence-electron chi connectivity index (χ0n) is 13.5. The topological polar surface area (TPSA) is 41.1 Å². The van der Waals surface area contributed by atoms with Gasteiger partial charge in [-0.05, 0) is 49.1 Å². The summed E-state index contributed by atoms with van der Waals surface area (Å²) in [6.45, 7) is 6.53. The molecule has 0 heterocycles. The summed E-state index contributed by atoms with van der Waals surface area (Å²) in [6.07, 6.45) is 0.945. The fourth-order valence-corrected chi connectivity index (χ4v) is 2.42. The van der Waals surface area contributed by atoms with Crippen molar-refractivity contribution in [2.24, 2.45) is 0 Å². The predicted molar refractivity (Wildman–Crippen MR) is 92.0 cm³/mol. The SMILES string of the molecule is CCC(NCC(=O)Nc1ccc(C)c(C)c1)c1ccccc1. The molecule has 0 fully saturated rings. The fraction of sp³-hybridized carbons (Fsp3) is 0.316. The Morgan fingerprint density at radius 2 is 1.77 bits per heavy atom. The minimum Gasteiger partial charge on any atom is -0.325 e. The summed E-state index contributed by atoms with van der Waals surface area (Å²) in [6, 6.07) is 16.4. The second-order valence-corrected chi connectivity index (χ2v) is 5.60. The molecule has 2 N–H and O–H groups in total. The summed E-state index contributed by atoms with van der Waals surface area (Å²) in [5.41, 5.74) is 4.47. The van der Waals surface area contributed by atoms with Gasteiger partial charge in [-0.25, -0.2) is 0 Å². The summed E-state index contributed by atoms with van der Waals surface area (Å²) in [7, 11) is 0. The van der Waals surface area contributed by atoms with E-state index in [-0.39, 0.29) is 11.9 Å². The molecule has 2 rings (SSSR count). The van der Waals surface area contributed by atoms with Crippen LogP contribution in [0.2, 0.25) is 0 Å². The van der Waals surface area contributed by atoms with Crippen molar-refractivity contribution in [1.82, 2.24) is 5.32 Å². The quantitative estimate of drug-likeness (QED) is 0.846. The van der Waals surface area contributed by atoms with E-state index in [9.17, 15) is 4.79 Å². The lowest BCUT2D eigenvalue weighted by Crippen LogP contribution is -2.31. The molecule has 0 spiro atoms. The summed E-state index contributed by atoms with van der Waals surface area (Å²) in [4.78, 5) is 12.1. The fourth-order valence-electron chi connectivity index (χ4n) is 2.42. The summed E-state index contributed by atoms with van der Waals surface area (Å²) >= 11 is 0. The molecule has 0 aliphatic rings. The van der Waals surface area contributed by atoms with Gasteiger partial charge in [-0.2, -0.15) is 0 Å². The summed E-state index contributed by atoms with van der Waals surface area (Å²) < 4.78 is 0. The molecule has 0 saturated heterocycles. The van der Waals surface area contributed by atoms with Crippen molar-refractivity contribution in [3.63, 3.8) is 0 Å².